The van der Waals surface area contributed by atoms with E-state index < -0.39 is 0 Å². The van der Waals surface area contributed by atoms with Crippen molar-refractivity contribution in [1.29, 1.82) is 0 Å². The Bertz CT molecular complexity index is 400. The molecule has 4 heteroatoms. The molecule has 0 fully saturated rings. The fraction of sp³-hybridized carbons (Fsp3) is 0.385. The van der Waals surface area contributed by atoms with Crippen molar-refractivity contribution in [3.05, 3.63) is 29.8 Å². The number of hydrogen-bond acceptors (Lipinski definition) is 2. The minimum atomic E-state index is -0.168. The third-order valence-corrected chi connectivity index (χ3v) is 2.84. The van der Waals surface area contributed by atoms with Gasteiger partial charge in [0.05, 0.1) is 0 Å². The van der Waals surface area contributed by atoms with E-state index in [0.29, 0.717) is 11.0 Å². The number of benzene rings is 1. The Morgan fingerprint density at radius 1 is 1.35 bits per heavy atom. The van der Waals surface area contributed by atoms with Crippen LogP contribution < -0.4 is 10.6 Å². The fourth-order valence-corrected chi connectivity index (χ4v) is 1.71. The van der Waals surface area contributed by atoms with Crippen LogP contribution in [0.2, 0.25) is 0 Å². The summed E-state index contributed by atoms with van der Waals surface area (Å²) in [6, 6.07) is 8.09. The van der Waals surface area contributed by atoms with Gasteiger partial charge >= 0.3 is 0 Å². The van der Waals surface area contributed by atoms with Crippen LogP contribution in [0.3, 0.4) is 0 Å². The second-order valence-electron chi connectivity index (χ2n) is 4.07. The van der Waals surface area contributed by atoms with Crippen molar-refractivity contribution in [1.82, 2.24) is 5.32 Å². The van der Waals surface area contributed by atoms with Gasteiger partial charge in [0.25, 0.3) is 0 Å². The monoisotopic (exact) mass is 250 g/mol. The van der Waals surface area contributed by atoms with Gasteiger partial charge in [-0.05, 0) is 42.3 Å². The molecule has 1 amide bonds. The summed E-state index contributed by atoms with van der Waals surface area (Å²) in [6.45, 7) is 5.80. The van der Waals surface area contributed by atoms with E-state index in [-0.39, 0.29) is 5.91 Å². The largest absolute Gasteiger partial charge is 0.332 e. The summed E-state index contributed by atoms with van der Waals surface area (Å²) in [7, 11) is 0. The number of carbonyl (C=O) groups excluding carboxylic acids is 1. The minimum absolute atomic E-state index is 0.168. The molecule has 0 spiro atoms. The molecule has 0 saturated carbocycles. The number of hydrogen-bond donors (Lipinski definition) is 2. The van der Waals surface area contributed by atoms with Crippen molar-refractivity contribution in [3.63, 3.8) is 0 Å². The number of rotatable bonds is 3. The lowest BCUT2D eigenvalue weighted by Gasteiger charge is -2.11. The van der Waals surface area contributed by atoms with Crippen molar-refractivity contribution in [2.45, 2.75) is 33.1 Å². The Labute approximate surface area is 108 Å². The summed E-state index contributed by atoms with van der Waals surface area (Å²) in [4.78, 5) is 10.8. The Morgan fingerprint density at radius 3 is 2.41 bits per heavy atom. The van der Waals surface area contributed by atoms with Gasteiger partial charge in [-0.2, -0.15) is 0 Å². The normalized spacial score (nSPS) is 11.7. The molecule has 0 heterocycles. The van der Waals surface area contributed by atoms with Gasteiger partial charge in [-0.25, -0.2) is 0 Å². The molecular formula is C13H18N2OS. The summed E-state index contributed by atoms with van der Waals surface area (Å²) in [5.74, 6) is 0.394. The van der Waals surface area contributed by atoms with Crippen molar-refractivity contribution < 1.29 is 4.79 Å². The van der Waals surface area contributed by atoms with Gasteiger partial charge in [-0.1, -0.05) is 26.0 Å². The molecule has 0 aliphatic carbocycles. The van der Waals surface area contributed by atoms with E-state index in [1.807, 2.05) is 12.1 Å². The van der Waals surface area contributed by atoms with Crippen LogP contribution in [-0.4, -0.2) is 11.0 Å². The molecule has 0 radical (unpaired) electrons. The summed E-state index contributed by atoms with van der Waals surface area (Å²) in [5, 5.41) is 5.81. The fourth-order valence-electron chi connectivity index (χ4n) is 1.45. The van der Waals surface area contributed by atoms with Crippen LogP contribution in [0.1, 0.15) is 38.7 Å². The van der Waals surface area contributed by atoms with Gasteiger partial charge < -0.3 is 10.6 Å². The van der Waals surface area contributed by atoms with Gasteiger partial charge in [0.15, 0.2) is 5.11 Å². The predicted molar refractivity (Wildman–Crippen MR) is 75.2 cm³/mol. The first-order valence-corrected chi connectivity index (χ1v) is 6.12. The van der Waals surface area contributed by atoms with E-state index in [1.54, 1.807) is 0 Å². The van der Waals surface area contributed by atoms with E-state index in [0.717, 1.165) is 12.1 Å². The highest BCUT2D eigenvalue weighted by atomic mass is 32.1. The second-order valence-corrected chi connectivity index (χ2v) is 4.47. The zero-order chi connectivity index (χ0) is 12.8. The smallest absolute Gasteiger partial charge is 0.222 e. The Kier molecular flexibility index (Phi) is 5.10. The number of anilines is 1. The Morgan fingerprint density at radius 2 is 1.94 bits per heavy atom. The molecule has 0 aromatic heterocycles. The molecule has 1 rings (SSSR count). The molecule has 3 nitrogen and oxygen atoms in total. The molecule has 0 bridgehead atoms. The van der Waals surface area contributed by atoms with E-state index in [4.69, 9.17) is 12.2 Å². The van der Waals surface area contributed by atoms with Gasteiger partial charge in [0, 0.05) is 12.6 Å². The average molecular weight is 250 g/mol. The maximum absolute atomic E-state index is 10.8. The van der Waals surface area contributed by atoms with Crippen LogP contribution in [0.25, 0.3) is 0 Å². The van der Waals surface area contributed by atoms with E-state index in [1.165, 1.54) is 12.5 Å². The molecule has 1 aromatic rings. The highest BCUT2D eigenvalue weighted by molar-refractivity contribution is 7.80. The molecule has 0 saturated heterocycles. The summed E-state index contributed by atoms with van der Waals surface area (Å²) < 4.78 is 0. The molecule has 1 aromatic carbocycles. The lowest BCUT2D eigenvalue weighted by molar-refractivity contribution is -0.117. The lowest BCUT2D eigenvalue weighted by Crippen LogP contribution is -2.32. The van der Waals surface area contributed by atoms with Gasteiger partial charge in [-0.15, -0.1) is 0 Å². The zero-order valence-corrected chi connectivity index (χ0v) is 11.2. The Hall–Kier alpha value is -1.42. The van der Waals surface area contributed by atoms with E-state index in [2.05, 4.69) is 36.6 Å². The lowest BCUT2D eigenvalue weighted by atomic mass is 9.99. The third kappa shape index (κ3) is 4.53. The van der Waals surface area contributed by atoms with Crippen LogP contribution in [0, 0.1) is 0 Å². The number of nitrogens with one attached hydrogen (secondary N) is 2. The molecule has 17 heavy (non-hydrogen) atoms. The van der Waals surface area contributed by atoms with E-state index >= 15 is 0 Å². The zero-order valence-electron chi connectivity index (χ0n) is 10.4. The van der Waals surface area contributed by atoms with Crippen LogP contribution in [-0.2, 0) is 4.79 Å². The summed E-state index contributed by atoms with van der Waals surface area (Å²) in [6.07, 6.45) is 1.12. The average Bonchev–Trinajstić information content (AvgIpc) is 2.28. The topological polar surface area (TPSA) is 41.1 Å². The Balaban J connectivity index is 2.62. The van der Waals surface area contributed by atoms with Gasteiger partial charge in [0.2, 0.25) is 5.91 Å². The molecular weight excluding hydrogens is 232 g/mol. The van der Waals surface area contributed by atoms with Crippen molar-refractivity contribution in [2.24, 2.45) is 0 Å². The highest BCUT2D eigenvalue weighted by Gasteiger charge is 2.03. The third-order valence-electron chi connectivity index (χ3n) is 2.64. The standard InChI is InChI=1S/C13H18N2OS/c1-4-9(2)11-5-7-12(8-6-11)15-13(17)14-10(3)16/h5-9H,4H2,1-3H3,(H2,14,15,16,17). The quantitative estimate of drug-likeness (QED) is 0.810. The second kappa shape index (κ2) is 6.35. The van der Waals surface area contributed by atoms with E-state index in [9.17, 15) is 4.79 Å². The summed E-state index contributed by atoms with van der Waals surface area (Å²) >= 11 is 4.98. The minimum Gasteiger partial charge on any atom is -0.332 e. The molecule has 1 atom stereocenters. The predicted octanol–water partition coefficient (Wildman–Crippen LogP) is 3.03. The maximum Gasteiger partial charge on any atom is 0.222 e. The SMILES string of the molecule is CCC(C)c1ccc(NC(=S)NC(C)=O)cc1. The maximum atomic E-state index is 10.8. The first-order chi connectivity index (χ1) is 8.02. The molecule has 92 valence electrons. The first kappa shape index (κ1) is 13.6. The highest BCUT2D eigenvalue weighted by Crippen LogP contribution is 2.20. The molecule has 2 N–H and O–H groups in total. The van der Waals surface area contributed by atoms with Crippen molar-refractivity contribution >= 4 is 28.9 Å². The number of thiocarbonyl (C=S) groups is 1. The van der Waals surface area contributed by atoms with Gasteiger partial charge in [-0.3, -0.25) is 4.79 Å². The molecule has 0 aliphatic rings. The first-order valence-electron chi connectivity index (χ1n) is 5.71. The van der Waals surface area contributed by atoms with Crippen molar-refractivity contribution in [3.8, 4) is 0 Å². The van der Waals surface area contributed by atoms with Crippen LogP contribution in [0.15, 0.2) is 24.3 Å². The van der Waals surface area contributed by atoms with Crippen molar-refractivity contribution in [2.75, 3.05) is 5.32 Å². The van der Waals surface area contributed by atoms with Gasteiger partial charge in [0.1, 0.15) is 0 Å². The van der Waals surface area contributed by atoms with Crippen LogP contribution in [0.5, 0.6) is 0 Å². The molecule has 1 unspecified atom stereocenters. The number of amides is 1. The van der Waals surface area contributed by atoms with Crippen LogP contribution in [0.4, 0.5) is 5.69 Å². The molecule has 0 aliphatic heterocycles. The number of carbonyl (C=O) groups is 1. The van der Waals surface area contributed by atoms with Crippen LogP contribution >= 0.6 is 12.2 Å². The summed E-state index contributed by atoms with van der Waals surface area (Å²) in [5.41, 5.74) is 2.19.